The number of hydrogen-bond donors (Lipinski definition) is 1. The van der Waals surface area contributed by atoms with Crippen LogP contribution < -0.4 is 4.74 Å². The maximum Gasteiger partial charge on any atom is 0.306 e. The highest BCUT2D eigenvalue weighted by Crippen LogP contribution is 2.43. The first-order valence-corrected chi connectivity index (χ1v) is 8.04. The van der Waals surface area contributed by atoms with Crippen LogP contribution in [-0.2, 0) is 29.9 Å². The molecular formula is C19H28O6. The van der Waals surface area contributed by atoms with E-state index in [1.165, 1.54) is 21.3 Å². The number of hydrogen-bond acceptors (Lipinski definition) is 6. The monoisotopic (exact) mass is 352 g/mol. The Labute approximate surface area is 149 Å². The van der Waals surface area contributed by atoms with Gasteiger partial charge in [-0.3, -0.25) is 9.59 Å². The summed E-state index contributed by atoms with van der Waals surface area (Å²) in [5.41, 5.74) is 0.0269. The molecule has 0 bridgehead atoms. The van der Waals surface area contributed by atoms with Crippen molar-refractivity contribution in [1.82, 2.24) is 0 Å². The number of methoxy groups -OCH3 is 3. The number of phenolic OH excluding ortho intramolecular Hbond substituents is 1. The van der Waals surface area contributed by atoms with E-state index >= 15 is 0 Å². The standard InChI is InChI=1S/C19H28O6/c1-18(2,10-16(21)24-6)12-9-15(23-5)13(8-14(12)20)19(3,4)11-17(22)25-7/h8-9,20H,10-11H2,1-7H3. The Bertz CT molecular complexity index is 646. The molecular weight excluding hydrogens is 324 g/mol. The number of phenols is 1. The highest BCUT2D eigenvalue weighted by molar-refractivity contribution is 5.73. The molecule has 0 fully saturated rings. The van der Waals surface area contributed by atoms with E-state index in [2.05, 4.69) is 0 Å². The average Bonchev–Trinajstić information content (AvgIpc) is 2.53. The van der Waals surface area contributed by atoms with Crippen LogP contribution in [0.1, 0.15) is 51.7 Å². The van der Waals surface area contributed by atoms with Gasteiger partial charge in [0.15, 0.2) is 0 Å². The third-order valence-corrected chi connectivity index (χ3v) is 4.40. The first-order chi connectivity index (χ1) is 11.5. The molecule has 6 nitrogen and oxygen atoms in total. The van der Waals surface area contributed by atoms with Crippen molar-refractivity contribution in [1.29, 1.82) is 0 Å². The largest absolute Gasteiger partial charge is 0.508 e. The van der Waals surface area contributed by atoms with Gasteiger partial charge in [-0.25, -0.2) is 0 Å². The van der Waals surface area contributed by atoms with Crippen molar-refractivity contribution < 1.29 is 28.9 Å². The molecule has 0 aliphatic rings. The molecule has 1 rings (SSSR count). The van der Waals surface area contributed by atoms with Gasteiger partial charge in [0.25, 0.3) is 0 Å². The second kappa shape index (κ2) is 7.76. The SMILES string of the molecule is COC(=O)CC(C)(C)c1cc(OC)c(C(C)(C)CC(=O)OC)cc1O. The van der Waals surface area contributed by atoms with Crippen molar-refractivity contribution in [2.24, 2.45) is 0 Å². The van der Waals surface area contributed by atoms with Crippen molar-refractivity contribution >= 4 is 11.9 Å². The first kappa shape index (κ1) is 20.8. The van der Waals surface area contributed by atoms with E-state index in [9.17, 15) is 14.7 Å². The van der Waals surface area contributed by atoms with E-state index in [0.29, 0.717) is 16.9 Å². The molecule has 0 saturated carbocycles. The molecule has 6 heteroatoms. The number of carbonyl (C=O) groups excluding carboxylic acids is 2. The highest BCUT2D eigenvalue weighted by atomic mass is 16.5. The normalized spacial score (nSPS) is 11.8. The fourth-order valence-electron chi connectivity index (χ4n) is 2.86. The topological polar surface area (TPSA) is 82.1 Å². The zero-order chi connectivity index (χ0) is 19.4. The third kappa shape index (κ3) is 4.87. The summed E-state index contributed by atoms with van der Waals surface area (Å²) in [5.74, 6) is -0.123. The van der Waals surface area contributed by atoms with Crippen molar-refractivity contribution in [3.8, 4) is 11.5 Å². The minimum absolute atomic E-state index is 0.0441. The lowest BCUT2D eigenvalue weighted by atomic mass is 9.76. The molecule has 0 heterocycles. The Morgan fingerprint density at radius 3 is 1.72 bits per heavy atom. The van der Waals surface area contributed by atoms with Gasteiger partial charge in [0.2, 0.25) is 0 Å². The molecule has 25 heavy (non-hydrogen) atoms. The predicted molar refractivity (Wildman–Crippen MR) is 94.0 cm³/mol. The van der Waals surface area contributed by atoms with Gasteiger partial charge in [-0.2, -0.15) is 0 Å². The smallest absolute Gasteiger partial charge is 0.306 e. The summed E-state index contributed by atoms with van der Waals surface area (Å²) < 4.78 is 15.0. The van der Waals surface area contributed by atoms with Gasteiger partial charge >= 0.3 is 11.9 Å². The molecule has 0 aromatic heterocycles. The van der Waals surface area contributed by atoms with Crippen LogP contribution in [0.4, 0.5) is 0 Å². The van der Waals surface area contributed by atoms with E-state index in [0.717, 1.165) is 0 Å². The van der Waals surface area contributed by atoms with Crippen LogP contribution >= 0.6 is 0 Å². The second-order valence-electron chi connectivity index (χ2n) is 7.34. The van der Waals surface area contributed by atoms with E-state index in [-0.39, 0.29) is 30.5 Å². The van der Waals surface area contributed by atoms with Gasteiger partial charge in [-0.1, -0.05) is 27.7 Å². The maximum absolute atomic E-state index is 11.7. The predicted octanol–water partition coefficient (Wildman–Crippen LogP) is 3.08. The summed E-state index contributed by atoms with van der Waals surface area (Å²) in [6.45, 7) is 7.44. The lowest BCUT2D eigenvalue weighted by Gasteiger charge is -2.30. The van der Waals surface area contributed by atoms with Gasteiger partial charge in [-0.05, 0) is 12.1 Å². The van der Waals surface area contributed by atoms with Gasteiger partial charge in [0.1, 0.15) is 11.5 Å². The Hall–Kier alpha value is -2.24. The number of ether oxygens (including phenoxy) is 3. The summed E-state index contributed by atoms with van der Waals surface area (Å²) in [7, 11) is 4.20. The lowest BCUT2D eigenvalue weighted by Crippen LogP contribution is -2.25. The summed E-state index contributed by atoms with van der Waals surface area (Å²) in [6.07, 6.45) is 0.259. The van der Waals surface area contributed by atoms with Crippen LogP contribution in [0.15, 0.2) is 12.1 Å². The van der Waals surface area contributed by atoms with Crippen molar-refractivity contribution in [2.45, 2.75) is 51.4 Å². The number of carbonyl (C=O) groups is 2. The molecule has 0 amide bonds. The second-order valence-corrected chi connectivity index (χ2v) is 7.34. The molecule has 0 aliphatic heterocycles. The van der Waals surface area contributed by atoms with Gasteiger partial charge in [-0.15, -0.1) is 0 Å². The van der Waals surface area contributed by atoms with Gasteiger partial charge in [0, 0.05) is 22.0 Å². The fraction of sp³-hybridized carbons (Fsp3) is 0.579. The Kier molecular flexibility index (Phi) is 6.46. The fourth-order valence-corrected chi connectivity index (χ4v) is 2.86. The van der Waals surface area contributed by atoms with Crippen molar-refractivity contribution in [3.05, 3.63) is 23.3 Å². The quantitative estimate of drug-likeness (QED) is 0.760. The van der Waals surface area contributed by atoms with Crippen molar-refractivity contribution in [3.63, 3.8) is 0 Å². The molecule has 0 saturated heterocycles. The van der Waals surface area contributed by atoms with Crippen LogP contribution in [0.3, 0.4) is 0 Å². The van der Waals surface area contributed by atoms with E-state index < -0.39 is 10.8 Å². The Balaban J connectivity index is 3.37. The number of esters is 2. The molecule has 1 aromatic carbocycles. The molecule has 140 valence electrons. The van der Waals surface area contributed by atoms with Crippen LogP contribution in [0.25, 0.3) is 0 Å². The highest BCUT2D eigenvalue weighted by Gasteiger charge is 2.33. The summed E-state index contributed by atoms with van der Waals surface area (Å²) in [5, 5.41) is 10.6. The molecule has 0 radical (unpaired) electrons. The number of rotatable bonds is 7. The molecule has 0 unspecified atom stereocenters. The Morgan fingerprint density at radius 2 is 1.32 bits per heavy atom. The number of aromatic hydroxyl groups is 1. The van der Waals surface area contributed by atoms with E-state index in [1.54, 1.807) is 12.1 Å². The summed E-state index contributed by atoms with van der Waals surface area (Å²) >= 11 is 0. The minimum atomic E-state index is -0.643. The molecule has 1 aromatic rings. The van der Waals surface area contributed by atoms with Crippen LogP contribution in [0.5, 0.6) is 11.5 Å². The Morgan fingerprint density at radius 1 is 0.880 bits per heavy atom. The minimum Gasteiger partial charge on any atom is -0.508 e. The van der Waals surface area contributed by atoms with Gasteiger partial charge < -0.3 is 19.3 Å². The van der Waals surface area contributed by atoms with Crippen LogP contribution in [-0.4, -0.2) is 38.4 Å². The maximum atomic E-state index is 11.7. The van der Waals surface area contributed by atoms with E-state index in [4.69, 9.17) is 14.2 Å². The van der Waals surface area contributed by atoms with Gasteiger partial charge in [0.05, 0.1) is 34.2 Å². The first-order valence-electron chi connectivity index (χ1n) is 8.04. The third-order valence-electron chi connectivity index (χ3n) is 4.40. The zero-order valence-electron chi connectivity index (χ0n) is 16.1. The van der Waals surface area contributed by atoms with E-state index in [1.807, 2.05) is 27.7 Å². The van der Waals surface area contributed by atoms with Crippen LogP contribution in [0, 0.1) is 0 Å². The molecule has 1 N–H and O–H groups in total. The molecule has 0 atom stereocenters. The van der Waals surface area contributed by atoms with Crippen molar-refractivity contribution in [2.75, 3.05) is 21.3 Å². The zero-order valence-corrected chi connectivity index (χ0v) is 16.1. The van der Waals surface area contributed by atoms with Crippen LogP contribution in [0.2, 0.25) is 0 Å². The lowest BCUT2D eigenvalue weighted by molar-refractivity contribution is -0.142. The summed E-state index contributed by atoms with van der Waals surface area (Å²) in [4.78, 5) is 23.3. The summed E-state index contributed by atoms with van der Waals surface area (Å²) in [6, 6.07) is 3.31. The number of benzene rings is 1. The molecule has 0 spiro atoms. The molecule has 0 aliphatic carbocycles. The average molecular weight is 352 g/mol.